The van der Waals surface area contributed by atoms with Gasteiger partial charge >= 0.3 is 0 Å². The number of halogens is 1. The summed E-state index contributed by atoms with van der Waals surface area (Å²) in [6.07, 6.45) is 4.78. The van der Waals surface area contributed by atoms with Gasteiger partial charge < -0.3 is 19.5 Å². The number of hydrogen-bond acceptors (Lipinski definition) is 11. The fourth-order valence-electron chi connectivity index (χ4n) is 4.38. The van der Waals surface area contributed by atoms with E-state index in [0.29, 0.717) is 41.5 Å². The third kappa shape index (κ3) is 7.95. The summed E-state index contributed by atoms with van der Waals surface area (Å²) >= 11 is 2.39. The molecule has 206 valence electrons. The summed E-state index contributed by atoms with van der Waals surface area (Å²) in [6, 6.07) is -0.860. The van der Waals surface area contributed by atoms with E-state index in [1.165, 1.54) is 16.7 Å². The van der Waals surface area contributed by atoms with Crippen LogP contribution in [0, 0.1) is 12.8 Å². The van der Waals surface area contributed by atoms with E-state index < -0.39 is 17.5 Å². The van der Waals surface area contributed by atoms with E-state index in [0.717, 1.165) is 43.1 Å². The number of amides is 2. The van der Waals surface area contributed by atoms with Crippen molar-refractivity contribution >= 4 is 53.8 Å². The second-order valence-corrected chi connectivity index (χ2v) is 11.6. The van der Waals surface area contributed by atoms with Gasteiger partial charge in [-0.1, -0.05) is 36.5 Å². The average molecular weight is 574 g/mol. The van der Waals surface area contributed by atoms with Gasteiger partial charge in [0.25, 0.3) is 17.0 Å². The number of nitrogens with zero attached hydrogens (tertiary/aromatic N) is 6. The van der Waals surface area contributed by atoms with Gasteiger partial charge in [-0.25, -0.2) is 0 Å². The Morgan fingerprint density at radius 3 is 2.46 bits per heavy atom. The number of carbonyl (C=O) groups is 3. The molecule has 0 spiro atoms. The fourth-order valence-corrected chi connectivity index (χ4v) is 5.80. The molecular formula is C23H36ClN7O4S2. The number of ketones is 1. The van der Waals surface area contributed by atoms with Crippen molar-refractivity contribution in [1.82, 2.24) is 34.9 Å². The fraction of sp³-hybridized carbons (Fsp3) is 0.696. The summed E-state index contributed by atoms with van der Waals surface area (Å²) in [5.41, 5.74) is -0.479. The summed E-state index contributed by atoms with van der Waals surface area (Å²) in [5, 5.41) is 15.4. The normalized spacial score (nSPS) is 15.8. The number of nitrogens with one attached hydrogen (secondary N) is 1. The van der Waals surface area contributed by atoms with Crippen LogP contribution in [0.25, 0.3) is 0 Å². The van der Waals surface area contributed by atoms with E-state index in [1.54, 1.807) is 6.92 Å². The zero-order valence-electron chi connectivity index (χ0n) is 21.9. The van der Waals surface area contributed by atoms with Gasteiger partial charge in [0.1, 0.15) is 16.6 Å². The van der Waals surface area contributed by atoms with Gasteiger partial charge in [-0.15, -0.1) is 27.7 Å². The zero-order chi connectivity index (χ0) is 26.3. The predicted octanol–water partition coefficient (Wildman–Crippen LogP) is 3.45. The van der Waals surface area contributed by atoms with Crippen LogP contribution in [0.5, 0.6) is 0 Å². The van der Waals surface area contributed by atoms with Crippen molar-refractivity contribution in [3.63, 3.8) is 0 Å². The minimum absolute atomic E-state index is 0. The van der Waals surface area contributed by atoms with Crippen LogP contribution in [0.2, 0.25) is 0 Å². The molecule has 2 aromatic heterocycles. The molecule has 11 nitrogen and oxygen atoms in total. The third-order valence-electron chi connectivity index (χ3n) is 6.21. The Hall–Kier alpha value is -2.09. The van der Waals surface area contributed by atoms with Crippen LogP contribution in [0.15, 0.2) is 9.64 Å². The monoisotopic (exact) mass is 573 g/mol. The van der Waals surface area contributed by atoms with E-state index >= 15 is 0 Å². The maximum absolute atomic E-state index is 13.7. The Morgan fingerprint density at radius 2 is 1.89 bits per heavy atom. The number of carbonyl (C=O) groups excluding carboxylic acids is 3. The average Bonchev–Trinajstić information content (AvgIpc) is 3.47. The Labute approximate surface area is 232 Å². The van der Waals surface area contributed by atoms with Crippen LogP contribution in [0.1, 0.15) is 78.4 Å². The highest BCUT2D eigenvalue weighted by atomic mass is 35.5. The molecule has 2 amide bonds. The minimum Gasteiger partial charge on any atom is -0.408 e. The number of Topliss-reactive ketones (excluding diaryl/α,β-unsaturated/α-hetero) is 1. The number of hydrogen-bond donors (Lipinski definition) is 1. The van der Waals surface area contributed by atoms with E-state index in [1.807, 2.05) is 32.8 Å². The van der Waals surface area contributed by atoms with E-state index in [-0.39, 0.29) is 30.1 Å². The first-order valence-electron chi connectivity index (χ1n) is 12.2. The number of aryl methyl sites for hydroxylation is 1. The second-order valence-electron chi connectivity index (χ2n) is 9.78. The molecule has 1 aliphatic rings. The van der Waals surface area contributed by atoms with Crippen LogP contribution in [-0.4, -0.2) is 85.8 Å². The maximum atomic E-state index is 13.7. The van der Waals surface area contributed by atoms with Crippen molar-refractivity contribution in [2.24, 2.45) is 5.92 Å². The van der Waals surface area contributed by atoms with Gasteiger partial charge in [-0.2, -0.15) is 0 Å². The SMILES string of the molecule is Cc1nnsc1C(=O)NC1(N(C=O)C(CC(C)C)C(=O)c2nnc(SCCN(C)C)o2)CCCCC1.Cl. The predicted molar refractivity (Wildman–Crippen MR) is 144 cm³/mol. The smallest absolute Gasteiger partial charge is 0.286 e. The molecule has 1 N–H and O–H groups in total. The number of aromatic nitrogens is 4. The summed E-state index contributed by atoms with van der Waals surface area (Å²) in [7, 11) is 3.95. The minimum atomic E-state index is -1.01. The molecular weight excluding hydrogens is 538 g/mol. The lowest BCUT2D eigenvalue weighted by molar-refractivity contribution is -0.129. The van der Waals surface area contributed by atoms with Gasteiger partial charge in [-0.3, -0.25) is 14.4 Å². The molecule has 0 radical (unpaired) electrons. The second kappa shape index (κ2) is 14.2. The molecule has 0 saturated heterocycles. The van der Waals surface area contributed by atoms with Gasteiger partial charge in [0.2, 0.25) is 12.2 Å². The molecule has 37 heavy (non-hydrogen) atoms. The van der Waals surface area contributed by atoms with E-state index in [4.69, 9.17) is 4.42 Å². The highest BCUT2D eigenvalue weighted by Crippen LogP contribution is 2.35. The third-order valence-corrected chi connectivity index (χ3v) is 7.83. The molecule has 1 unspecified atom stereocenters. The number of rotatable bonds is 13. The van der Waals surface area contributed by atoms with Crippen molar-refractivity contribution in [3.8, 4) is 0 Å². The standard InChI is InChI=1S/C23H35N7O4S2.ClH/c1-15(2)13-17(18(32)21-26-27-22(34-21)35-12-11-29(4)5)30(14-31)23(9-7-6-8-10-23)24-20(33)19-16(3)25-28-36-19;/h14-15,17H,6-13H2,1-5H3,(H,24,33);1H. The van der Waals surface area contributed by atoms with Crippen molar-refractivity contribution in [1.29, 1.82) is 0 Å². The Morgan fingerprint density at radius 1 is 1.19 bits per heavy atom. The van der Waals surface area contributed by atoms with Crippen LogP contribution >= 0.6 is 35.7 Å². The first kappa shape index (κ1) is 31.1. The molecule has 1 fully saturated rings. The largest absolute Gasteiger partial charge is 0.408 e. The molecule has 0 bridgehead atoms. The van der Waals surface area contributed by atoms with Crippen molar-refractivity contribution in [2.45, 2.75) is 76.2 Å². The first-order chi connectivity index (χ1) is 17.2. The van der Waals surface area contributed by atoms with Gasteiger partial charge in [-0.05, 0) is 70.6 Å². The highest BCUT2D eigenvalue weighted by molar-refractivity contribution is 7.99. The molecule has 3 rings (SSSR count). The molecule has 14 heteroatoms. The van der Waals surface area contributed by atoms with Gasteiger partial charge in [0, 0.05) is 12.3 Å². The van der Waals surface area contributed by atoms with Gasteiger partial charge in [0.15, 0.2) is 0 Å². The topological polar surface area (TPSA) is 134 Å². The van der Waals surface area contributed by atoms with E-state index in [2.05, 4.69) is 25.1 Å². The van der Waals surface area contributed by atoms with Crippen LogP contribution in [0.4, 0.5) is 0 Å². The molecule has 2 aromatic rings. The Kier molecular flexibility index (Phi) is 11.9. The Bertz CT molecular complexity index is 1040. The molecule has 1 atom stereocenters. The van der Waals surface area contributed by atoms with Crippen molar-refractivity contribution < 1.29 is 18.8 Å². The summed E-state index contributed by atoms with van der Waals surface area (Å²) < 4.78 is 9.55. The summed E-state index contributed by atoms with van der Waals surface area (Å²) in [5.74, 6) is -0.0520. The van der Waals surface area contributed by atoms with Gasteiger partial charge in [0.05, 0.1) is 5.69 Å². The highest BCUT2D eigenvalue weighted by Gasteiger charge is 2.46. The summed E-state index contributed by atoms with van der Waals surface area (Å²) in [4.78, 5) is 43.4. The Balaban J connectivity index is 0.00000481. The maximum Gasteiger partial charge on any atom is 0.286 e. The van der Waals surface area contributed by atoms with Crippen LogP contribution in [0.3, 0.4) is 0 Å². The molecule has 0 aromatic carbocycles. The first-order valence-corrected chi connectivity index (χ1v) is 13.9. The van der Waals surface area contributed by atoms with Crippen molar-refractivity contribution in [2.75, 3.05) is 26.4 Å². The van der Waals surface area contributed by atoms with E-state index in [9.17, 15) is 14.4 Å². The lowest BCUT2D eigenvalue weighted by atomic mass is 9.85. The molecule has 0 aliphatic heterocycles. The van der Waals surface area contributed by atoms with Crippen molar-refractivity contribution in [3.05, 3.63) is 16.5 Å². The summed E-state index contributed by atoms with van der Waals surface area (Å²) in [6.45, 7) is 6.51. The zero-order valence-corrected chi connectivity index (χ0v) is 24.4. The lowest BCUT2D eigenvalue weighted by Crippen LogP contribution is -2.65. The lowest BCUT2D eigenvalue weighted by Gasteiger charge is -2.48. The quantitative estimate of drug-likeness (QED) is 0.164. The van der Waals surface area contributed by atoms with Crippen LogP contribution < -0.4 is 5.32 Å². The van der Waals surface area contributed by atoms with Crippen LogP contribution in [-0.2, 0) is 4.79 Å². The molecule has 1 aliphatic carbocycles. The molecule has 1 saturated carbocycles. The molecule has 2 heterocycles. The number of thioether (sulfide) groups is 1.